The summed E-state index contributed by atoms with van der Waals surface area (Å²) in [5.41, 5.74) is -0.104. The summed E-state index contributed by atoms with van der Waals surface area (Å²) in [6, 6.07) is 4.16. The van der Waals surface area contributed by atoms with E-state index in [1.807, 2.05) is 0 Å². The molecular weight excluding hydrogens is 230 g/mol. The summed E-state index contributed by atoms with van der Waals surface area (Å²) in [7, 11) is 0. The first-order valence-electron chi connectivity index (χ1n) is 4.61. The monoisotopic (exact) mass is 241 g/mol. The zero-order chi connectivity index (χ0) is 12.3. The van der Waals surface area contributed by atoms with Crippen molar-refractivity contribution in [2.75, 3.05) is 0 Å². The molecule has 5 nitrogen and oxygen atoms in total. The molecule has 0 saturated heterocycles. The largest absolute Gasteiger partial charge is 0.459 e. The van der Waals surface area contributed by atoms with Crippen molar-refractivity contribution in [1.29, 1.82) is 0 Å². The Morgan fingerprint density at radius 3 is 2.62 bits per heavy atom. The van der Waals surface area contributed by atoms with Crippen molar-refractivity contribution in [3.63, 3.8) is 0 Å². The van der Waals surface area contributed by atoms with Crippen LogP contribution in [-0.4, -0.2) is 17.0 Å². The summed E-state index contributed by atoms with van der Waals surface area (Å²) in [6.07, 6.45) is -0.278. The fraction of sp³-hybridized carbons (Fsp3) is 0.300. The first kappa shape index (κ1) is 12.5. The van der Waals surface area contributed by atoms with E-state index in [4.69, 9.17) is 4.74 Å². The molecule has 1 aromatic rings. The van der Waals surface area contributed by atoms with E-state index < -0.39 is 10.9 Å². The van der Waals surface area contributed by atoms with E-state index in [1.165, 1.54) is 18.2 Å². The molecule has 0 aliphatic heterocycles. The summed E-state index contributed by atoms with van der Waals surface area (Å²) in [5, 5.41) is 10.6. The topological polar surface area (TPSA) is 69.4 Å². The minimum absolute atomic E-state index is 0.0261. The van der Waals surface area contributed by atoms with Crippen molar-refractivity contribution in [2.24, 2.45) is 0 Å². The molecule has 1 aromatic carbocycles. The fourth-order valence-electron chi connectivity index (χ4n) is 1.12. The number of nitro benzene ring substituents is 1. The summed E-state index contributed by atoms with van der Waals surface area (Å²) >= 11 is 3.97. The third-order valence-electron chi connectivity index (χ3n) is 1.77. The fourth-order valence-corrected chi connectivity index (χ4v) is 1.44. The Hall–Kier alpha value is -1.56. The lowest BCUT2D eigenvalue weighted by molar-refractivity contribution is -0.387. The molecule has 0 bridgehead atoms. The Morgan fingerprint density at radius 1 is 1.50 bits per heavy atom. The van der Waals surface area contributed by atoms with Gasteiger partial charge in [-0.15, -0.1) is 12.6 Å². The second kappa shape index (κ2) is 4.98. The van der Waals surface area contributed by atoms with Crippen LogP contribution >= 0.6 is 12.6 Å². The first-order valence-corrected chi connectivity index (χ1v) is 5.05. The summed E-state index contributed by atoms with van der Waals surface area (Å²) < 4.78 is 4.94. The van der Waals surface area contributed by atoms with Crippen LogP contribution in [0.15, 0.2) is 23.1 Å². The molecule has 16 heavy (non-hydrogen) atoms. The second-order valence-corrected chi connectivity index (χ2v) is 3.83. The van der Waals surface area contributed by atoms with Crippen LogP contribution in [0.5, 0.6) is 0 Å². The lowest BCUT2D eigenvalue weighted by Crippen LogP contribution is -2.12. The number of hydrogen-bond donors (Lipinski definition) is 1. The maximum absolute atomic E-state index is 11.6. The molecule has 0 N–H and O–H groups in total. The highest BCUT2D eigenvalue weighted by Gasteiger charge is 2.20. The van der Waals surface area contributed by atoms with E-state index in [9.17, 15) is 14.9 Å². The maximum Gasteiger partial charge on any atom is 0.339 e. The average Bonchev–Trinajstić information content (AvgIpc) is 2.16. The van der Waals surface area contributed by atoms with Crippen molar-refractivity contribution in [3.8, 4) is 0 Å². The maximum atomic E-state index is 11.6. The number of hydrogen-bond acceptors (Lipinski definition) is 5. The minimum atomic E-state index is -0.608. The molecular formula is C10H11NO4S. The number of thiol groups is 1. The Kier molecular flexibility index (Phi) is 3.89. The van der Waals surface area contributed by atoms with Crippen LogP contribution in [-0.2, 0) is 4.74 Å². The normalized spacial score (nSPS) is 10.2. The number of esters is 1. The standard InChI is InChI=1S/C10H11NO4S/c1-6(2)15-10(12)7-4-3-5-8(9(7)16)11(13)14/h3-6,16H,1-2H3. The van der Waals surface area contributed by atoms with Gasteiger partial charge in [0.25, 0.3) is 5.69 Å². The van der Waals surface area contributed by atoms with E-state index in [1.54, 1.807) is 13.8 Å². The van der Waals surface area contributed by atoms with Crippen LogP contribution in [0.1, 0.15) is 24.2 Å². The number of rotatable bonds is 3. The van der Waals surface area contributed by atoms with Crippen LogP contribution in [0.2, 0.25) is 0 Å². The van der Waals surface area contributed by atoms with Gasteiger partial charge in [-0.2, -0.15) is 0 Å². The molecule has 86 valence electrons. The molecule has 0 unspecified atom stereocenters. The molecule has 0 fully saturated rings. The van der Waals surface area contributed by atoms with Crippen molar-refractivity contribution in [2.45, 2.75) is 24.8 Å². The number of ether oxygens (including phenoxy) is 1. The molecule has 0 aliphatic rings. The van der Waals surface area contributed by atoms with Crippen molar-refractivity contribution < 1.29 is 14.5 Å². The third kappa shape index (κ3) is 2.73. The predicted octanol–water partition coefficient (Wildman–Crippen LogP) is 2.45. The Balaban J connectivity index is 3.10. The predicted molar refractivity (Wildman–Crippen MR) is 60.9 cm³/mol. The lowest BCUT2D eigenvalue weighted by atomic mass is 10.2. The lowest BCUT2D eigenvalue weighted by Gasteiger charge is -2.09. The van der Waals surface area contributed by atoms with Gasteiger partial charge in [0.1, 0.15) is 0 Å². The van der Waals surface area contributed by atoms with Gasteiger partial charge >= 0.3 is 5.97 Å². The summed E-state index contributed by atoms with van der Waals surface area (Å²) in [6.45, 7) is 3.40. The molecule has 0 heterocycles. The molecule has 1 rings (SSSR count). The smallest absolute Gasteiger partial charge is 0.339 e. The van der Waals surface area contributed by atoms with Gasteiger partial charge in [-0.1, -0.05) is 6.07 Å². The Morgan fingerprint density at radius 2 is 2.12 bits per heavy atom. The van der Waals surface area contributed by atoms with Crippen LogP contribution in [0, 0.1) is 10.1 Å². The second-order valence-electron chi connectivity index (χ2n) is 3.38. The highest BCUT2D eigenvalue weighted by Crippen LogP contribution is 2.26. The molecule has 6 heteroatoms. The van der Waals surface area contributed by atoms with E-state index in [2.05, 4.69) is 12.6 Å². The Bertz CT molecular complexity index is 431. The van der Waals surface area contributed by atoms with E-state index in [0.29, 0.717) is 0 Å². The summed E-state index contributed by atoms with van der Waals surface area (Å²) in [4.78, 5) is 21.6. The molecule has 0 saturated carbocycles. The average molecular weight is 241 g/mol. The van der Waals surface area contributed by atoms with Gasteiger partial charge in [-0.05, 0) is 19.9 Å². The zero-order valence-corrected chi connectivity index (χ0v) is 9.73. The number of carbonyl (C=O) groups excluding carboxylic acids is 1. The van der Waals surface area contributed by atoms with E-state index >= 15 is 0 Å². The van der Waals surface area contributed by atoms with Crippen LogP contribution in [0.4, 0.5) is 5.69 Å². The molecule has 0 radical (unpaired) electrons. The number of carbonyl (C=O) groups is 1. The van der Waals surface area contributed by atoms with Crippen molar-refractivity contribution in [3.05, 3.63) is 33.9 Å². The number of nitrogens with zero attached hydrogens (tertiary/aromatic N) is 1. The van der Waals surface area contributed by atoms with E-state index in [-0.39, 0.29) is 22.3 Å². The van der Waals surface area contributed by atoms with Gasteiger partial charge in [-0.25, -0.2) is 4.79 Å². The third-order valence-corrected chi connectivity index (χ3v) is 2.24. The van der Waals surface area contributed by atoms with Crippen molar-refractivity contribution in [1.82, 2.24) is 0 Å². The Labute approximate surface area is 98.0 Å². The minimum Gasteiger partial charge on any atom is -0.459 e. The quantitative estimate of drug-likeness (QED) is 0.382. The van der Waals surface area contributed by atoms with Gasteiger partial charge < -0.3 is 4.74 Å². The van der Waals surface area contributed by atoms with Gasteiger partial charge in [0.05, 0.1) is 21.5 Å². The van der Waals surface area contributed by atoms with Crippen LogP contribution in [0.3, 0.4) is 0 Å². The van der Waals surface area contributed by atoms with E-state index in [0.717, 1.165) is 0 Å². The molecule has 0 atom stereocenters. The van der Waals surface area contributed by atoms with Crippen LogP contribution in [0.25, 0.3) is 0 Å². The van der Waals surface area contributed by atoms with Gasteiger partial charge in [0.2, 0.25) is 0 Å². The van der Waals surface area contributed by atoms with Gasteiger partial charge in [0.15, 0.2) is 0 Å². The summed E-state index contributed by atoms with van der Waals surface area (Å²) in [5.74, 6) is -0.608. The highest BCUT2D eigenvalue weighted by atomic mass is 32.1. The SMILES string of the molecule is CC(C)OC(=O)c1cccc([N+](=O)[O-])c1S. The zero-order valence-electron chi connectivity index (χ0n) is 8.84. The molecule has 0 aliphatic carbocycles. The molecule has 0 amide bonds. The number of benzene rings is 1. The highest BCUT2D eigenvalue weighted by molar-refractivity contribution is 7.80. The van der Waals surface area contributed by atoms with Crippen LogP contribution < -0.4 is 0 Å². The van der Waals surface area contributed by atoms with Crippen molar-refractivity contribution >= 4 is 24.3 Å². The van der Waals surface area contributed by atoms with Gasteiger partial charge in [0, 0.05) is 6.07 Å². The number of nitro groups is 1. The first-order chi connectivity index (χ1) is 7.43. The van der Waals surface area contributed by atoms with Gasteiger partial charge in [-0.3, -0.25) is 10.1 Å². The molecule has 0 spiro atoms. The molecule has 0 aromatic heterocycles.